The fraction of sp³-hybridized carbons (Fsp3) is 1.00. The molecule has 0 spiro atoms. The van der Waals surface area contributed by atoms with Crippen LogP contribution in [0.4, 0.5) is 0 Å². The molecule has 0 amide bonds. The minimum Gasteiger partial charge on any atom is -0.412 e. The molecule has 0 radical (unpaired) electrons. The number of aliphatic hydroxyl groups excluding tert-OH is 25. The molecule has 712 valence electrons. The van der Waals surface area contributed by atoms with E-state index < -0.39 is 345 Å². The van der Waals surface area contributed by atoms with Crippen molar-refractivity contribution < 1.29 is 320 Å². The number of rotatable bonds is 31. The zero-order valence-corrected chi connectivity index (χ0v) is 65.1. The molecule has 7 saturated heterocycles. The Balaban J connectivity index is 0.000000602. The molecule has 0 bridgehead atoms. The van der Waals surface area contributed by atoms with Crippen LogP contribution in [0.3, 0.4) is 0 Å². The number of hydrogen-bond acceptors (Lipinski definition) is 49. The van der Waals surface area contributed by atoms with Gasteiger partial charge in [0.05, 0.1) is 46.2 Å². The van der Waals surface area contributed by atoms with Gasteiger partial charge in [-0.15, -0.1) is 0 Å². The van der Waals surface area contributed by atoms with Crippen molar-refractivity contribution in [1.82, 2.24) is 0 Å². The number of ether oxygens (including phenoxy) is 12. The smallest absolute Gasteiger partial charge is 0.412 e. The van der Waals surface area contributed by atoms with Crippen molar-refractivity contribution in [3.63, 3.8) is 0 Å². The largest absolute Gasteiger partial charge is 0.470 e. The molecule has 71 heteroatoms. The summed E-state index contributed by atoms with van der Waals surface area (Å²) >= 11 is 0. The van der Waals surface area contributed by atoms with Crippen molar-refractivity contribution in [3.8, 4) is 0 Å². The summed E-state index contributed by atoms with van der Waals surface area (Å²) in [5.41, 5.74) is 0. The fourth-order valence-corrected chi connectivity index (χ4v) is 15.5. The van der Waals surface area contributed by atoms with Gasteiger partial charge in [-0.1, -0.05) is 0 Å². The quantitative estimate of drug-likeness (QED) is 0.0287. The lowest BCUT2D eigenvalue weighted by Crippen LogP contribution is -2.66. The Bertz CT molecular complexity index is 3080. The van der Waals surface area contributed by atoms with Gasteiger partial charge in [0.15, 0.2) is 31.5 Å². The van der Waals surface area contributed by atoms with Crippen LogP contribution in [0.25, 0.3) is 0 Å². The molecule has 8 rings (SSSR count). The Morgan fingerprint density at radius 3 is 0.588 bits per heavy atom. The summed E-state index contributed by atoms with van der Waals surface area (Å²) < 4.78 is 157. The maximum atomic E-state index is 11.4. The van der Waals surface area contributed by atoms with Crippen molar-refractivity contribution in [2.24, 2.45) is 0 Å². The van der Waals surface area contributed by atoms with E-state index in [-0.39, 0.29) is 21.9 Å². The van der Waals surface area contributed by atoms with E-state index in [4.69, 9.17) is 116 Å². The first-order valence-electron chi connectivity index (χ1n) is 32.6. The van der Waals surface area contributed by atoms with Crippen LogP contribution < -0.4 is 0 Å². The first kappa shape index (κ1) is 114. The van der Waals surface area contributed by atoms with E-state index in [9.17, 15) is 155 Å². The van der Waals surface area contributed by atoms with Crippen molar-refractivity contribution in [3.05, 3.63) is 0 Å². The molecule has 0 aromatic heterocycles. The van der Waals surface area contributed by atoms with Crippen molar-refractivity contribution in [2.45, 2.75) is 238 Å². The van der Waals surface area contributed by atoms with Crippen LogP contribution in [0.1, 0.15) is 0 Å². The van der Waals surface area contributed by atoms with E-state index in [0.29, 0.717) is 0 Å². The van der Waals surface area contributed by atoms with Crippen LogP contribution in [-0.4, -0.2) is 506 Å². The molecule has 7 heterocycles. The van der Waals surface area contributed by atoms with Gasteiger partial charge < -0.3 is 265 Å². The van der Waals surface area contributed by atoms with E-state index in [1.165, 1.54) is 0 Å². The molecule has 0 aromatic rings. The molecule has 7 aliphatic heterocycles. The van der Waals surface area contributed by atoms with Gasteiger partial charge in [-0.05, 0) is 0 Å². The molecule has 1 aliphatic carbocycles. The molecule has 8 fully saturated rings. The van der Waals surface area contributed by atoms with E-state index in [1.807, 2.05) is 0 Å². The Morgan fingerprint density at radius 2 is 0.412 bits per heavy atom. The van der Waals surface area contributed by atoms with Crippen LogP contribution >= 0.6 is 46.9 Å². The normalized spacial score (nSPS) is 43.7. The molecule has 8 aliphatic rings. The van der Waals surface area contributed by atoms with E-state index in [1.54, 1.807) is 0 Å². The molecule has 119 heavy (non-hydrogen) atoms. The maximum Gasteiger partial charge on any atom is 0.470 e. The minimum atomic E-state index is -6.02. The minimum absolute atomic E-state index is 0. The highest BCUT2D eigenvalue weighted by molar-refractivity contribution is 7.47. The Kier molecular flexibility index (Phi) is 44.1. The average molecular weight is 1900 g/mol. The highest BCUT2D eigenvalue weighted by atomic mass is 31.2. The summed E-state index contributed by atoms with van der Waals surface area (Å²) in [5.74, 6) is -4.79. The lowest BCUT2D eigenvalue weighted by atomic mass is 9.85. The number of aliphatic hydroxyl groups is 25. The van der Waals surface area contributed by atoms with E-state index in [0.717, 1.165) is 0 Å². The molecule has 65 nitrogen and oxygen atoms in total. The summed E-state index contributed by atoms with van der Waals surface area (Å²) in [7, 11) is -36.1. The first-order valence-corrected chi connectivity index (χ1v) is 41.8. The highest BCUT2D eigenvalue weighted by Crippen LogP contribution is 2.58. The third-order valence-electron chi connectivity index (χ3n) is 17.9. The summed E-state index contributed by atoms with van der Waals surface area (Å²) in [5, 5.41) is 250. The summed E-state index contributed by atoms with van der Waals surface area (Å²) in [6.07, 6.45) is -72.0. The van der Waals surface area contributed by atoms with Crippen LogP contribution in [0.15, 0.2) is 0 Å². The standard InChI is InChI=1S/C24H42O21.C18H32O16.C6H18O24P6.4H2O/c25-1-6-10(28)14(32)17(35)21(41-6)39-3-8-11(29)15(33)18(36)22(42-8)40-4-9-12(30)16(34)19(37)23(43-9)45-24(5-27)20(38)13(31)7(2-26)44-24;19-1-5-8(22)11(25)13(27)16(31-5)30-3-7-9(23)12(26)14(28)17(32-7)34-18(4-21)15(29)10(24)6(2-20)33-18;7-31(8,9)25-1-2(26-32(10,11)12)4(28-34(16,17)18)6(30-36(22,23)24)5(29-35(19,20)21)3(1)27-33(13,14)15;;;;/h6-23,25-38H,1-5H2;5-17,19-29H,1-4H2;1-6H,(H2,7,8,9)(H2,10,11,12)(H2,13,14,15)(H2,16,17,18)(H2,19,20,21)(H2,22,23,24);4*1H2/t6-,7-,8-,9-,10+,11+,12-,13-,14+,15+,16+,17-,18-,19-,20+,21+,22+,23-,24+;5-,6-,7-,8+,9-,10-,11+,12+,13-,14-,15+,16+,17-,18+;1-,2-,3-,4+,5-,6-;;;;/m11...../s1. The second-order valence-electron chi connectivity index (χ2n) is 26.0. The average Bonchev–Trinajstić information content (AvgIpc) is 1.50. The maximum absolute atomic E-state index is 11.4. The Labute approximate surface area is 663 Å². The van der Waals surface area contributed by atoms with Gasteiger partial charge in [0.2, 0.25) is 11.6 Å². The van der Waals surface area contributed by atoms with Crippen molar-refractivity contribution in [2.75, 3.05) is 59.5 Å². The molecule has 33 atom stereocenters. The van der Waals surface area contributed by atoms with Gasteiger partial charge in [0.25, 0.3) is 0 Å². The van der Waals surface area contributed by atoms with E-state index in [2.05, 4.69) is 27.1 Å². The van der Waals surface area contributed by atoms with Crippen molar-refractivity contribution >= 4 is 46.9 Å². The summed E-state index contributed by atoms with van der Waals surface area (Å²) in [4.78, 5) is 110. The molecule has 0 aromatic carbocycles. The van der Waals surface area contributed by atoms with Crippen LogP contribution in [0.5, 0.6) is 0 Å². The van der Waals surface area contributed by atoms with Crippen LogP contribution in [-0.2, 0) is 111 Å². The van der Waals surface area contributed by atoms with Gasteiger partial charge in [-0.2, -0.15) is 0 Å². The lowest BCUT2D eigenvalue weighted by Gasteiger charge is -2.48. The molecule has 1 saturated carbocycles. The van der Waals surface area contributed by atoms with Gasteiger partial charge in [-0.3, -0.25) is 27.1 Å². The monoisotopic (exact) mass is 1900 g/mol. The molecular weight excluding hydrogens is 1800 g/mol. The number of phosphoric ester groups is 6. The van der Waals surface area contributed by atoms with Crippen molar-refractivity contribution in [1.29, 1.82) is 0 Å². The Hall–Kier alpha value is -0.980. The fourth-order valence-electron chi connectivity index (χ4n) is 12.2. The third kappa shape index (κ3) is 29.3. The zero-order chi connectivity index (χ0) is 87.5. The topological polar surface area (TPSA) is 1140 Å². The van der Waals surface area contributed by atoms with Gasteiger partial charge in [0, 0.05) is 0 Å². The Morgan fingerprint density at radius 1 is 0.235 bits per heavy atom. The molecule has 45 N–H and O–H groups in total. The molecular formula is C48H100O65P6. The van der Waals surface area contributed by atoms with Crippen LogP contribution in [0.2, 0.25) is 0 Å². The zero-order valence-electron chi connectivity index (χ0n) is 59.8. The van der Waals surface area contributed by atoms with E-state index >= 15 is 0 Å². The predicted molar refractivity (Wildman–Crippen MR) is 351 cm³/mol. The SMILES string of the molecule is O.O.O.O.O=P(O)(O)O[C@H]1[C@H](OP(=O)(O)O)[C@@H](OP(=O)(O)O)[C@H](OP(=O)(O)O)[C@@H](OP(=O)(O)O)[C@H]1OP(=O)(O)O.OC[C@H]1O[C@H](OC[C@H]2O[C@H](OC[C@H]3O[C@H](O[C@]4(CO)O[C@H](CO)[C@@H](O)[C@@H]4O)[C@H](O)[C@@H](O)[C@@H]3O)[C@H](O)[C@@H](O)[C@H]2O)[C@H](O)[C@@H](O)[C@H]1O.OC[C@H]1O[C@H](OC[C@H]2O[C@H](O[C@]3(CO)O[C@H](CO)[C@@H](O)[C@@H]3O)[C@H](O)[C@@H](O)[C@@H]2O)[C@H](O)[C@@H](O)[C@H]1O. The van der Waals surface area contributed by atoms with Gasteiger partial charge >= 0.3 is 46.9 Å². The van der Waals surface area contributed by atoms with Gasteiger partial charge in [-0.25, -0.2) is 27.4 Å². The summed E-state index contributed by atoms with van der Waals surface area (Å²) in [6.45, 7) is -7.16. The second kappa shape index (κ2) is 46.0. The van der Waals surface area contributed by atoms with Gasteiger partial charge in [0.1, 0.15) is 209 Å². The second-order valence-corrected chi connectivity index (χ2v) is 33.2. The molecule has 0 unspecified atom stereocenters. The predicted octanol–water partition coefficient (Wildman–Crippen LogP) is -23.8. The lowest BCUT2D eigenvalue weighted by molar-refractivity contribution is -0.388. The highest BCUT2D eigenvalue weighted by Gasteiger charge is 2.65. The first-order chi connectivity index (χ1) is 52.8. The summed E-state index contributed by atoms with van der Waals surface area (Å²) in [6, 6.07) is 0. The number of phosphoric acid groups is 6. The third-order valence-corrected chi connectivity index (χ3v) is 21.0. The van der Waals surface area contributed by atoms with Crippen LogP contribution in [0, 0.1) is 0 Å². The number of hydrogen-bond donors (Lipinski definition) is 37.